The molecule has 2 rings (SSSR count). The van der Waals surface area contributed by atoms with Gasteiger partial charge in [-0.05, 0) is 29.9 Å². The number of aromatic nitrogens is 2. The van der Waals surface area contributed by atoms with E-state index in [4.69, 9.17) is 4.74 Å². The highest BCUT2D eigenvalue weighted by atomic mass is 32.1. The fraction of sp³-hybridized carbons (Fsp3) is 0.200. The monoisotopic (exact) mass is 238 g/mol. The van der Waals surface area contributed by atoms with E-state index in [1.54, 1.807) is 11.3 Å². The highest BCUT2D eigenvalue weighted by Crippen LogP contribution is 2.22. The molecular formula is C10H10N2OS2. The minimum atomic E-state index is 0.563. The van der Waals surface area contributed by atoms with Crippen LogP contribution in [0.2, 0.25) is 0 Å². The molecule has 0 bridgehead atoms. The summed E-state index contributed by atoms with van der Waals surface area (Å²) in [5.41, 5.74) is 0.871. The molecule has 0 aliphatic rings. The molecule has 0 aromatic carbocycles. The van der Waals surface area contributed by atoms with Crippen molar-refractivity contribution in [3.05, 3.63) is 39.5 Å². The van der Waals surface area contributed by atoms with Crippen molar-refractivity contribution in [1.29, 1.82) is 0 Å². The SMILES string of the molecule is C=C(OCc1cccs1)c1snnc1C. The first-order valence-corrected chi connectivity index (χ1v) is 6.06. The van der Waals surface area contributed by atoms with Crippen molar-refractivity contribution in [3.63, 3.8) is 0 Å². The van der Waals surface area contributed by atoms with Gasteiger partial charge in [0.25, 0.3) is 0 Å². The summed E-state index contributed by atoms with van der Waals surface area (Å²) in [5, 5.41) is 5.94. The summed E-state index contributed by atoms with van der Waals surface area (Å²) in [6, 6.07) is 4.04. The van der Waals surface area contributed by atoms with Gasteiger partial charge in [-0.2, -0.15) is 0 Å². The summed E-state index contributed by atoms with van der Waals surface area (Å²) in [7, 11) is 0. The van der Waals surface area contributed by atoms with E-state index in [9.17, 15) is 0 Å². The van der Waals surface area contributed by atoms with Gasteiger partial charge in [0.1, 0.15) is 17.2 Å². The molecule has 0 N–H and O–H groups in total. The average Bonchev–Trinajstić information content (AvgIpc) is 2.84. The first kappa shape index (κ1) is 10.3. The van der Waals surface area contributed by atoms with Gasteiger partial charge in [-0.25, -0.2) is 0 Å². The minimum Gasteiger partial charge on any atom is -0.487 e. The lowest BCUT2D eigenvalue weighted by atomic mass is 10.3. The van der Waals surface area contributed by atoms with Crippen molar-refractivity contribution in [1.82, 2.24) is 9.59 Å². The van der Waals surface area contributed by atoms with E-state index in [1.165, 1.54) is 16.4 Å². The molecule has 0 fully saturated rings. The van der Waals surface area contributed by atoms with Crippen LogP contribution in [0.1, 0.15) is 15.4 Å². The van der Waals surface area contributed by atoms with Gasteiger partial charge in [-0.15, -0.1) is 16.4 Å². The molecule has 15 heavy (non-hydrogen) atoms. The van der Waals surface area contributed by atoms with Gasteiger partial charge in [0.05, 0.1) is 5.69 Å². The molecule has 0 unspecified atom stereocenters. The molecule has 0 saturated heterocycles. The Bertz CT molecular complexity index is 448. The maximum Gasteiger partial charge on any atom is 0.133 e. The molecule has 0 radical (unpaired) electrons. The lowest BCUT2D eigenvalue weighted by Crippen LogP contribution is -1.90. The van der Waals surface area contributed by atoms with Gasteiger partial charge in [0.2, 0.25) is 0 Å². The zero-order valence-electron chi connectivity index (χ0n) is 8.27. The normalized spacial score (nSPS) is 10.2. The summed E-state index contributed by atoms with van der Waals surface area (Å²) >= 11 is 2.98. The average molecular weight is 238 g/mol. The number of thiophene rings is 1. The molecular weight excluding hydrogens is 228 g/mol. The third-order valence-electron chi connectivity index (χ3n) is 1.87. The second kappa shape index (κ2) is 4.55. The number of aryl methyl sites for hydroxylation is 1. The maximum absolute atomic E-state index is 5.56. The molecule has 2 aromatic heterocycles. The summed E-state index contributed by atoms with van der Waals surface area (Å²) in [6.07, 6.45) is 0. The zero-order valence-corrected chi connectivity index (χ0v) is 9.90. The fourth-order valence-corrected chi connectivity index (χ4v) is 2.30. The van der Waals surface area contributed by atoms with E-state index in [0.29, 0.717) is 12.4 Å². The van der Waals surface area contributed by atoms with Crippen LogP contribution in [0.3, 0.4) is 0 Å². The second-order valence-corrected chi connectivity index (χ2v) is 4.77. The van der Waals surface area contributed by atoms with Crippen molar-refractivity contribution in [2.24, 2.45) is 0 Å². The van der Waals surface area contributed by atoms with Gasteiger partial charge in [0.15, 0.2) is 0 Å². The largest absolute Gasteiger partial charge is 0.487 e. The van der Waals surface area contributed by atoms with Gasteiger partial charge < -0.3 is 4.74 Å². The Balaban J connectivity index is 1.96. The number of nitrogens with zero attached hydrogens (tertiary/aromatic N) is 2. The van der Waals surface area contributed by atoms with E-state index < -0.39 is 0 Å². The first-order valence-electron chi connectivity index (χ1n) is 4.41. The molecule has 2 heterocycles. The molecule has 3 nitrogen and oxygen atoms in total. The number of ether oxygens (including phenoxy) is 1. The third kappa shape index (κ3) is 2.43. The maximum atomic E-state index is 5.56. The molecule has 5 heteroatoms. The topological polar surface area (TPSA) is 35.0 Å². The van der Waals surface area contributed by atoms with E-state index in [-0.39, 0.29) is 0 Å². The third-order valence-corrected chi connectivity index (χ3v) is 3.59. The van der Waals surface area contributed by atoms with E-state index in [0.717, 1.165) is 10.6 Å². The molecule has 0 aliphatic heterocycles. The Kier molecular flexibility index (Phi) is 3.13. The van der Waals surface area contributed by atoms with Crippen molar-refractivity contribution < 1.29 is 4.74 Å². The Labute approximate surface area is 96.2 Å². The quantitative estimate of drug-likeness (QED) is 0.768. The first-order chi connectivity index (χ1) is 7.27. The van der Waals surface area contributed by atoms with Crippen LogP contribution >= 0.6 is 22.9 Å². The van der Waals surface area contributed by atoms with Crippen LogP contribution in [0.5, 0.6) is 0 Å². The van der Waals surface area contributed by atoms with E-state index >= 15 is 0 Å². The van der Waals surface area contributed by atoms with Crippen LogP contribution < -0.4 is 0 Å². The molecule has 0 amide bonds. The van der Waals surface area contributed by atoms with Crippen molar-refractivity contribution in [3.8, 4) is 0 Å². The van der Waals surface area contributed by atoms with E-state index in [1.807, 2.05) is 24.4 Å². The van der Waals surface area contributed by atoms with Crippen LogP contribution in [0.25, 0.3) is 5.76 Å². The van der Waals surface area contributed by atoms with E-state index in [2.05, 4.69) is 16.2 Å². The van der Waals surface area contributed by atoms with Gasteiger partial charge >= 0.3 is 0 Å². The van der Waals surface area contributed by atoms with Crippen LogP contribution in [0.4, 0.5) is 0 Å². The lowest BCUT2D eigenvalue weighted by Gasteiger charge is -2.05. The predicted molar refractivity (Wildman–Crippen MR) is 62.8 cm³/mol. The zero-order chi connectivity index (χ0) is 10.7. The van der Waals surface area contributed by atoms with Crippen molar-refractivity contribution in [2.75, 3.05) is 0 Å². The predicted octanol–water partition coefficient (Wildman–Crippen LogP) is 3.10. The lowest BCUT2D eigenvalue weighted by molar-refractivity contribution is 0.269. The smallest absolute Gasteiger partial charge is 0.133 e. The molecule has 2 aromatic rings. The van der Waals surface area contributed by atoms with Crippen LogP contribution in [-0.4, -0.2) is 9.59 Å². The minimum absolute atomic E-state index is 0.563. The van der Waals surface area contributed by atoms with Gasteiger partial charge in [-0.1, -0.05) is 17.1 Å². The van der Waals surface area contributed by atoms with Gasteiger partial charge in [0, 0.05) is 4.88 Å². The number of hydrogen-bond acceptors (Lipinski definition) is 5. The summed E-state index contributed by atoms with van der Waals surface area (Å²) in [4.78, 5) is 2.11. The Morgan fingerprint density at radius 2 is 2.47 bits per heavy atom. The molecule has 0 aliphatic carbocycles. The fourth-order valence-electron chi connectivity index (χ4n) is 1.11. The van der Waals surface area contributed by atoms with Crippen LogP contribution in [-0.2, 0) is 11.3 Å². The Hall–Kier alpha value is -1.20. The second-order valence-electron chi connectivity index (χ2n) is 2.98. The Morgan fingerprint density at radius 3 is 3.07 bits per heavy atom. The molecule has 0 atom stereocenters. The van der Waals surface area contributed by atoms with Gasteiger partial charge in [-0.3, -0.25) is 0 Å². The van der Waals surface area contributed by atoms with Crippen molar-refractivity contribution >= 4 is 28.6 Å². The standard InChI is InChI=1S/C10H10N2OS2/c1-7-10(15-12-11-7)8(2)13-6-9-4-3-5-14-9/h3-5H,2,6H2,1H3. The van der Waals surface area contributed by atoms with Crippen molar-refractivity contribution in [2.45, 2.75) is 13.5 Å². The number of hydrogen-bond donors (Lipinski definition) is 0. The summed E-state index contributed by atoms with van der Waals surface area (Å²) in [6.45, 7) is 6.33. The molecule has 78 valence electrons. The summed E-state index contributed by atoms with van der Waals surface area (Å²) < 4.78 is 9.40. The van der Waals surface area contributed by atoms with Crippen LogP contribution in [0.15, 0.2) is 24.1 Å². The molecule has 0 saturated carbocycles. The summed E-state index contributed by atoms with van der Waals surface area (Å²) in [5.74, 6) is 0.649. The highest BCUT2D eigenvalue weighted by Gasteiger charge is 2.08. The van der Waals surface area contributed by atoms with Crippen LogP contribution in [0, 0.1) is 6.92 Å². The molecule has 0 spiro atoms. The number of rotatable bonds is 4. The Morgan fingerprint density at radius 1 is 1.60 bits per heavy atom. The highest BCUT2D eigenvalue weighted by molar-refractivity contribution is 7.09.